The highest BCUT2D eigenvalue weighted by Gasteiger charge is 2.33. The molecule has 2 aromatic rings. The van der Waals surface area contributed by atoms with E-state index in [4.69, 9.17) is 9.47 Å². The molecule has 1 aliphatic heterocycles. The number of halogens is 3. The molecule has 1 amide bonds. The molecule has 9 heteroatoms. The zero-order valence-corrected chi connectivity index (χ0v) is 18.4. The molecule has 1 aromatic heterocycles. The molecule has 1 N–H and O–H groups in total. The van der Waals surface area contributed by atoms with Gasteiger partial charge in [-0.3, -0.25) is 4.79 Å². The normalized spacial score (nSPS) is 16.6. The van der Waals surface area contributed by atoms with E-state index in [-0.39, 0.29) is 24.1 Å². The average Bonchev–Trinajstić information content (AvgIpc) is 2.78. The number of hydrogen-bond acceptors (Lipinski definition) is 5. The maximum atomic E-state index is 13.2. The molecule has 1 saturated carbocycles. The maximum absolute atomic E-state index is 13.2. The first-order chi connectivity index (χ1) is 15.4. The fourth-order valence-corrected chi connectivity index (χ4v) is 5.17. The van der Waals surface area contributed by atoms with Crippen molar-refractivity contribution in [2.75, 3.05) is 13.2 Å². The molecule has 2 heterocycles. The number of pyridine rings is 1. The number of amides is 1. The van der Waals surface area contributed by atoms with Crippen LogP contribution in [0.25, 0.3) is 0 Å². The molecule has 1 fully saturated rings. The zero-order chi connectivity index (χ0) is 22.6. The predicted molar refractivity (Wildman–Crippen MR) is 115 cm³/mol. The van der Waals surface area contributed by atoms with Crippen LogP contribution in [-0.2, 0) is 23.9 Å². The van der Waals surface area contributed by atoms with Crippen molar-refractivity contribution in [2.24, 2.45) is 0 Å². The molecule has 32 heavy (non-hydrogen) atoms. The minimum absolute atomic E-state index is 0.129. The Labute approximate surface area is 189 Å². The topological polar surface area (TPSA) is 60.5 Å². The lowest BCUT2D eigenvalue weighted by atomic mass is 10.0. The Morgan fingerprint density at radius 3 is 2.56 bits per heavy atom. The number of nitrogens with zero attached hydrogens (tertiary/aromatic N) is 1. The zero-order valence-electron chi connectivity index (χ0n) is 17.5. The molecule has 0 radical (unpaired) electrons. The molecule has 4 rings (SSSR count). The number of aromatic nitrogens is 1. The Bertz CT molecular complexity index is 962. The lowest BCUT2D eigenvalue weighted by molar-refractivity contribution is -0.141. The third-order valence-electron chi connectivity index (χ3n) is 5.51. The minimum Gasteiger partial charge on any atom is -0.486 e. The smallest absolute Gasteiger partial charge is 0.433 e. The van der Waals surface area contributed by atoms with Crippen molar-refractivity contribution >= 4 is 17.7 Å². The molecule has 0 atom stereocenters. The number of nitrogens with one attached hydrogen (secondary N) is 1. The van der Waals surface area contributed by atoms with Crippen LogP contribution >= 0.6 is 11.8 Å². The van der Waals surface area contributed by atoms with Crippen LogP contribution in [-0.4, -0.2) is 29.4 Å². The molecular formula is C23H25F3N2O3S. The number of alkyl halides is 3. The van der Waals surface area contributed by atoms with Crippen LogP contribution in [0, 0.1) is 0 Å². The first kappa shape index (κ1) is 22.8. The average molecular weight is 467 g/mol. The molecule has 172 valence electrons. The standard InChI is InChI=1S/C23H25F3N2O3S/c24-23(25,26)20-9-7-16(22(28-20)32-17-4-2-1-3-5-17)14-27-21(29)13-15-6-8-18-19(12-15)31-11-10-30-18/h6-9,12,17H,1-5,10-11,13-14H2,(H,27,29). The highest BCUT2D eigenvalue weighted by Crippen LogP contribution is 2.37. The first-order valence-electron chi connectivity index (χ1n) is 10.8. The molecule has 5 nitrogen and oxygen atoms in total. The summed E-state index contributed by atoms with van der Waals surface area (Å²) in [7, 11) is 0. The quantitative estimate of drug-likeness (QED) is 0.638. The van der Waals surface area contributed by atoms with Gasteiger partial charge in [0.2, 0.25) is 5.91 Å². The van der Waals surface area contributed by atoms with Crippen LogP contribution < -0.4 is 14.8 Å². The molecule has 1 aromatic carbocycles. The second-order valence-corrected chi connectivity index (χ2v) is 9.26. The van der Waals surface area contributed by atoms with Crippen molar-refractivity contribution in [3.63, 3.8) is 0 Å². The van der Waals surface area contributed by atoms with Gasteiger partial charge in [0.05, 0.1) is 6.42 Å². The van der Waals surface area contributed by atoms with Crippen molar-refractivity contribution in [3.05, 3.63) is 47.2 Å². The lowest BCUT2D eigenvalue weighted by Gasteiger charge is -2.22. The minimum atomic E-state index is -4.50. The molecular weight excluding hydrogens is 441 g/mol. The Kier molecular flexibility index (Phi) is 7.13. The number of carbonyl (C=O) groups excluding carboxylic acids is 1. The van der Waals surface area contributed by atoms with E-state index in [2.05, 4.69) is 10.3 Å². The molecule has 0 saturated heterocycles. The molecule has 0 spiro atoms. The van der Waals surface area contributed by atoms with Crippen molar-refractivity contribution < 1.29 is 27.4 Å². The van der Waals surface area contributed by atoms with Gasteiger partial charge in [-0.2, -0.15) is 13.2 Å². The van der Waals surface area contributed by atoms with Crippen LogP contribution in [0.3, 0.4) is 0 Å². The number of thioether (sulfide) groups is 1. The van der Waals surface area contributed by atoms with E-state index < -0.39 is 11.9 Å². The van der Waals surface area contributed by atoms with Gasteiger partial charge in [0.15, 0.2) is 11.5 Å². The number of rotatable bonds is 6. The molecule has 2 aliphatic rings. The summed E-state index contributed by atoms with van der Waals surface area (Å²) in [5.74, 6) is 1.04. The maximum Gasteiger partial charge on any atom is 0.433 e. The third-order valence-corrected chi connectivity index (χ3v) is 6.89. The van der Waals surface area contributed by atoms with Gasteiger partial charge in [-0.1, -0.05) is 31.4 Å². The summed E-state index contributed by atoms with van der Waals surface area (Å²) in [6.07, 6.45) is 0.904. The fourth-order valence-electron chi connectivity index (χ4n) is 3.84. The third kappa shape index (κ3) is 5.88. The van der Waals surface area contributed by atoms with Gasteiger partial charge in [0.25, 0.3) is 0 Å². The van der Waals surface area contributed by atoms with Crippen molar-refractivity contribution in [1.29, 1.82) is 0 Å². The summed E-state index contributed by atoms with van der Waals surface area (Å²) in [6.45, 7) is 1.09. The highest BCUT2D eigenvalue weighted by molar-refractivity contribution is 7.99. The van der Waals surface area contributed by atoms with E-state index in [9.17, 15) is 18.0 Å². The largest absolute Gasteiger partial charge is 0.486 e. The van der Waals surface area contributed by atoms with Crippen molar-refractivity contribution in [1.82, 2.24) is 10.3 Å². The monoisotopic (exact) mass is 466 g/mol. The SMILES string of the molecule is O=C(Cc1ccc2c(c1)OCCO2)NCc1ccc(C(F)(F)F)nc1SC1CCCCC1. The van der Waals surface area contributed by atoms with E-state index in [0.717, 1.165) is 43.7 Å². The molecule has 1 aliphatic carbocycles. The van der Waals surface area contributed by atoms with Gasteiger partial charge in [0, 0.05) is 17.4 Å². The van der Waals surface area contributed by atoms with E-state index in [0.29, 0.717) is 35.3 Å². The van der Waals surface area contributed by atoms with Gasteiger partial charge in [-0.25, -0.2) is 4.98 Å². The Morgan fingerprint density at radius 1 is 1.06 bits per heavy atom. The summed E-state index contributed by atoms with van der Waals surface area (Å²) in [5, 5.41) is 3.43. The van der Waals surface area contributed by atoms with Gasteiger partial charge in [-0.05, 0) is 36.6 Å². The van der Waals surface area contributed by atoms with Crippen molar-refractivity contribution in [3.8, 4) is 11.5 Å². The van der Waals surface area contributed by atoms with Gasteiger partial charge in [-0.15, -0.1) is 11.8 Å². The number of carbonyl (C=O) groups is 1. The van der Waals surface area contributed by atoms with Gasteiger partial charge < -0.3 is 14.8 Å². The van der Waals surface area contributed by atoms with Crippen LogP contribution in [0.15, 0.2) is 35.4 Å². The Balaban J connectivity index is 1.42. The molecule has 0 bridgehead atoms. The fraction of sp³-hybridized carbons (Fsp3) is 0.478. The van der Waals surface area contributed by atoms with Crippen LogP contribution in [0.4, 0.5) is 13.2 Å². The van der Waals surface area contributed by atoms with E-state index >= 15 is 0 Å². The summed E-state index contributed by atoms with van der Waals surface area (Å²) in [4.78, 5) is 16.4. The number of hydrogen-bond donors (Lipinski definition) is 1. The van der Waals surface area contributed by atoms with Crippen LogP contribution in [0.1, 0.15) is 48.9 Å². The first-order valence-corrected chi connectivity index (χ1v) is 11.7. The Morgan fingerprint density at radius 2 is 1.81 bits per heavy atom. The van der Waals surface area contributed by atoms with E-state index in [1.54, 1.807) is 18.2 Å². The van der Waals surface area contributed by atoms with Crippen LogP contribution in [0.5, 0.6) is 11.5 Å². The van der Waals surface area contributed by atoms with Gasteiger partial charge >= 0.3 is 6.18 Å². The summed E-state index contributed by atoms with van der Waals surface area (Å²) in [6, 6.07) is 7.75. The second kappa shape index (κ2) is 10.0. The number of ether oxygens (including phenoxy) is 2. The number of benzene rings is 1. The van der Waals surface area contributed by atoms with E-state index in [1.165, 1.54) is 17.8 Å². The Hall–Kier alpha value is -2.42. The van der Waals surface area contributed by atoms with Crippen molar-refractivity contribution in [2.45, 2.75) is 61.5 Å². The van der Waals surface area contributed by atoms with Crippen LogP contribution in [0.2, 0.25) is 0 Å². The number of fused-ring (bicyclic) bond motifs is 1. The summed E-state index contributed by atoms with van der Waals surface area (Å²) in [5.41, 5.74) is 0.473. The molecule has 0 unspecified atom stereocenters. The second-order valence-electron chi connectivity index (χ2n) is 7.97. The van der Waals surface area contributed by atoms with Gasteiger partial charge in [0.1, 0.15) is 23.9 Å². The predicted octanol–water partition coefficient (Wildman–Crippen LogP) is 5.16. The highest BCUT2D eigenvalue weighted by atomic mass is 32.2. The lowest BCUT2D eigenvalue weighted by Crippen LogP contribution is -2.25. The summed E-state index contributed by atoms with van der Waals surface area (Å²) < 4.78 is 50.6. The summed E-state index contributed by atoms with van der Waals surface area (Å²) >= 11 is 1.40. The van der Waals surface area contributed by atoms with E-state index in [1.807, 2.05) is 0 Å².